The summed E-state index contributed by atoms with van der Waals surface area (Å²) in [5.41, 5.74) is 1.13. The van der Waals surface area contributed by atoms with Crippen LogP contribution < -0.4 is 10.2 Å². The van der Waals surface area contributed by atoms with Gasteiger partial charge < -0.3 is 10.2 Å². The van der Waals surface area contributed by atoms with Crippen LogP contribution in [0, 0.1) is 0 Å². The van der Waals surface area contributed by atoms with Crippen molar-refractivity contribution in [1.82, 2.24) is 24.7 Å². The molecule has 21 heavy (non-hydrogen) atoms. The topological polar surface area (TPSA) is 71.8 Å². The third kappa shape index (κ3) is 3.12. The van der Waals surface area contributed by atoms with Crippen molar-refractivity contribution in [3.8, 4) is 5.95 Å². The second-order valence-electron chi connectivity index (χ2n) is 5.54. The Balaban J connectivity index is 1.92. The van der Waals surface area contributed by atoms with Crippen molar-refractivity contribution in [2.75, 3.05) is 30.9 Å². The molecule has 2 aromatic rings. The maximum Gasteiger partial charge on any atom is 0.257 e. The molecule has 2 heterocycles. The van der Waals surface area contributed by atoms with Gasteiger partial charge >= 0.3 is 0 Å². The van der Waals surface area contributed by atoms with Crippen molar-refractivity contribution >= 4 is 11.9 Å². The predicted molar refractivity (Wildman–Crippen MR) is 82.0 cm³/mol. The average molecular weight is 287 g/mol. The highest BCUT2D eigenvalue weighted by molar-refractivity contribution is 5.38. The Kier molecular flexibility index (Phi) is 3.72. The van der Waals surface area contributed by atoms with Gasteiger partial charge in [-0.25, -0.2) is 4.68 Å². The van der Waals surface area contributed by atoms with Crippen LogP contribution in [0.2, 0.25) is 0 Å². The van der Waals surface area contributed by atoms with Crippen LogP contribution in [0.3, 0.4) is 0 Å². The first-order valence-electron chi connectivity index (χ1n) is 7.40. The third-order valence-corrected chi connectivity index (χ3v) is 3.36. The van der Waals surface area contributed by atoms with Crippen molar-refractivity contribution in [2.45, 2.75) is 32.1 Å². The molecule has 0 amide bonds. The second kappa shape index (κ2) is 5.67. The Morgan fingerprint density at radius 2 is 2.10 bits per heavy atom. The summed E-state index contributed by atoms with van der Waals surface area (Å²) in [6, 6.07) is 2.05. The standard InChI is InChI=1S/C14H21N7/c1-4-8-15-12-16-13(20(2)3)18-14(17-12)21-9-7-11(19-21)10-5-6-10/h7,9-10H,4-6,8H2,1-3H3,(H,15,16,17,18). The number of aromatic nitrogens is 5. The molecule has 7 nitrogen and oxygen atoms in total. The molecule has 0 aromatic carbocycles. The van der Waals surface area contributed by atoms with E-state index in [1.807, 2.05) is 25.2 Å². The molecule has 0 aliphatic heterocycles. The molecule has 1 fully saturated rings. The molecule has 7 heteroatoms. The summed E-state index contributed by atoms with van der Waals surface area (Å²) < 4.78 is 1.74. The molecule has 0 atom stereocenters. The van der Waals surface area contributed by atoms with Crippen molar-refractivity contribution < 1.29 is 0 Å². The Morgan fingerprint density at radius 1 is 1.29 bits per heavy atom. The number of nitrogens with one attached hydrogen (secondary N) is 1. The van der Waals surface area contributed by atoms with Crippen LogP contribution in [0.4, 0.5) is 11.9 Å². The molecule has 0 spiro atoms. The van der Waals surface area contributed by atoms with Crippen LogP contribution in [-0.2, 0) is 0 Å². The van der Waals surface area contributed by atoms with E-state index in [0.29, 0.717) is 23.8 Å². The lowest BCUT2D eigenvalue weighted by atomic mass is 10.3. The third-order valence-electron chi connectivity index (χ3n) is 3.36. The fourth-order valence-electron chi connectivity index (χ4n) is 2.02. The molecule has 0 unspecified atom stereocenters. The Bertz CT molecular complexity index is 616. The highest BCUT2D eigenvalue weighted by atomic mass is 15.4. The molecular weight excluding hydrogens is 266 g/mol. The van der Waals surface area contributed by atoms with Crippen LogP contribution in [0.25, 0.3) is 5.95 Å². The molecular formula is C14H21N7. The van der Waals surface area contributed by atoms with E-state index < -0.39 is 0 Å². The van der Waals surface area contributed by atoms with E-state index in [1.165, 1.54) is 12.8 Å². The van der Waals surface area contributed by atoms with E-state index in [2.05, 4.69) is 38.4 Å². The van der Waals surface area contributed by atoms with Gasteiger partial charge in [-0.1, -0.05) is 6.92 Å². The van der Waals surface area contributed by atoms with Gasteiger partial charge in [0.15, 0.2) is 0 Å². The summed E-state index contributed by atoms with van der Waals surface area (Å²) in [5.74, 6) is 2.40. The lowest BCUT2D eigenvalue weighted by Gasteiger charge is -2.13. The molecule has 0 radical (unpaired) electrons. The first-order valence-corrected chi connectivity index (χ1v) is 7.40. The first kappa shape index (κ1) is 13.8. The van der Waals surface area contributed by atoms with Gasteiger partial charge in [-0.05, 0) is 25.3 Å². The van der Waals surface area contributed by atoms with Crippen molar-refractivity contribution in [3.63, 3.8) is 0 Å². The molecule has 1 aliphatic carbocycles. The minimum absolute atomic E-state index is 0.555. The van der Waals surface area contributed by atoms with Crippen LogP contribution in [0.5, 0.6) is 0 Å². The second-order valence-corrected chi connectivity index (χ2v) is 5.54. The minimum Gasteiger partial charge on any atom is -0.354 e. The molecule has 2 aromatic heterocycles. The van der Waals surface area contributed by atoms with E-state index in [9.17, 15) is 0 Å². The quantitative estimate of drug-likeness (QED) is 0.874. The van der Waals surface area contributed by atoms with Crippen LogP contribution in [0.15, 0.2) is 12.3 Å². The maximum absolute atomic E-state index is 4.58. The van der Waals surface area contributed by atoms with Gasteiger partial charge in [-0.3, -0.25) is 0 Å². The van der Waals surface area contributed by atoms with Gasteiger partial charge in [0.1, 0.15) is 0 Å². The lowest BCUT2D eigenvalue weighted by molar-refractivity contribution is 0.767. The van der Waals surface area contributed by atoms with Gasteiger partial charge in [0.2, 0.25) is 11.9 Å². The Labute approximate surface area is 124 Å². The minimum atomic E-state index is 0.555. The zero-order valence-corrected chi connectivity index (χ0v) is 12.7. The molecule has 0 bridgehead atoms. The summed E-state index contributed by atoms with van der Waals surface area (Å²) in [6.07, 6.45) is 5.42. The molecule has 1 N–H and O–H groups in total. The predicted octanol–water partition coefficient (Wildman–Crippen LogP) is 1.82. The van der Waals surface area contributed by atoms with E-state index in [0.717, 1.165) is 18.7 Å². The van der Waals surface area contributed by atoms with Crippen molar-refractivity contribution in [1.29, 1.82) is 0 Å². The number of nitrogens with zero attached hydrogens (tertiary/aromatic N) is 6. The van der Waals surface area contributed by atoms with E-state index in [4.69, 9.17) is 0 Å². The SMILES string of the molecule is CCCNc1nc(N(C)C)nc(-n2ccc(C3CC3)n2)n1. The van der Waals surface area contributed by atoms with Gasteiger partial charge in [0.05, 0.1) is 5.69 Å². The number of hydrogen-bond donors (Lipinski definition) is 1. The number of hydrogen-bond acceptors (Lipinski definition) is 6. The molecule has 1 aliphatic rings. The number of rotatable bonds is 6. The Morgan fingerprint density at radius 3 is 2.76 bits per heavy atom. The summed E-state index contributed by atoms with van der Waals surface area (Å²) in [4.78, 5) is 15.2. The molecule has 0 saturated heterocycles. The van der Waals surface area contributed by atoms with Gasteiger partial charge in [-0.2, -0.15) is 20.1 Å². The highest BCUT2D eigenvalue weighted by Gasteiger charge is 2.26. The van der Waals surface area contributed by atoms with Crippen LogP contribution >= 0.6 is 0 Å². The van der Waals surface area contributed by atoms with Crippen LogP contribution in [-0.4, -0.2) is 45.4 Å². The summed E-state index contributed by atoms with van der Waals surface area (Å²) in [5, 5.41) is 7.79. The lowest BCUT2D eigenvalue weighted by Crippen LogP contribution is -2.18. The van der Waals surface area contributed by atoms with Gasteiger partial charge in [0, 0.05) is 32.8 Å². The van der Waals surface area contributed by atoms with E-state index >= 15 is 0 Å². The summed E-state index contributed by atoms with van der Waals surface area (Å²) in [6.45, 7) is 2.94. The monoisotopic (exact) mass is 287 g/mol. The largest absolute Gasteiger partial charge is 0.354 e. The van der Waals surface area contributed by atoms with Crippen LogP contribution in [0.1, 0.15) is 37.8 Å². The van der Waals surface area contributed by atoms with Crippen molar-refractivity contribution in [2.24, 2.45) is 0 Å². The molecule has 112 valence electrons. The van der Waals surface area contributed by atoms with E-state index in [1.54, 1.807) is 4.68 Å². The van der Waals surface area contributed by atoms with E-state index in [-0.39, 0.29) is 0 Å². The van der Waals surface area contributed by atoms with Gasteiger partial charge in [-0.15, -0.1) is 0 Å². The zero-order valence-electron chi connectivity index (χ0n) is 12.7. The first-order chi connectivity index (χ1) is 10.2. The zero-order chi connectivity index (χ0) is 14.8. The maximum atomic E-state index is 4.58. The van der Waals surface area contributed by atoms with Crippen molar-refractivity contribution in [3.05, 3.63) is 18.0 Å². The summed E-state index contributed by atoms with van der Waals surface area (Å²) in [7, 11) is 3.84. The highest BCUT2D eigenvalue weighted by Crippen LogP contribution is 2.38. The molecule has 3 rings (SSSR count). The number of anilines is 2. The Hall–Kier alpha value is -2.18. The fraction of sp³-hybridized carbons (Fsp3) is 0.571. The fourth-order valence-corrected chi connectivity index (χ4v) is 2.02. The average Bonchev–Trinajstić information content (AvgIpc) is 3.22. The smallest absolute Gasteiger partial charge is 0.257 e. The van der Waals surface area contributed by atoms with Gasteiger partial charge in [0.25, 0.3) is 5.95 Å². The molecule has 1 saturated carbocycles. The normalized spacial score (nSPS) is 14.2. The summed E-state index contributed by atoms with van der Waals surface area (Å²) >= 11 is 0.